The van der Waals surface area contributed by atoms with Crippen molar-refractivity contribution in [3.8, 4) is 11.4 Å². The number of halogens is 1. The molecule has 7 nitrogen and oxygen atoms in total. The van der Waals surface area contributed by atoms with Gasteiger partial charge < -0.3 is 15.6 Å². The summed E-state index contributed by atoms with van der Waals surface area (Å²) in [6.07, 6.45) is 1.56. The molecule has 0 spiro atoms. The lowest BCUT2D eigenvalue weighted by Crippen LogP contribution is -2.17. The fourth-order valence-electron chi connectivity index (χ4n) is 2.22. The van der Waals surface area contributed by atoms with Crippen LogP contribution in [0.25, 0.3) is 11.4 Å². The summed E-state index contributed by atoms with van der Waals surface area (Å²) in [5, 5.41) is 11.9. The lowest BCUT2D eigenvalue weighted by Gasteiger charge is -2.08. The zero-order valence-electron chi connectivity index (χ0n) is 13.6. The molecule has 3 N–H and O–H groups in total. The molecule has 0 bridgehead atoms. The van der Waals surface area contributed by atoms with Gasteiger partial charge in [0.1, 0.15) is 5.76 Å². The SMILES string of the molecule is Cc1ccc(Cl)cc1NC(=O)CSc1nnc(-c2ccoc2C)n1N. The van der Waals surface area contributed by atoms with Gasteiger partial charge in [0.2, 0.25) is 11.1 Å². The van der Waals surface area contributed by atoms with E-state index in [9.17, 15) is 4.79 Å². The van der Waals surface area contributed by atoms with Crippen molar-refractivity contribution < 1.29 is 9.21 Å². The van der Waals surface area contributed by atoms with Crippen LogP contribution in [0, 0.1) is 13.8 Å². The monoisotopic (exact) mass is 377 g/mol. The minimum atomic E-state index is -0.181. The normalized spacial score (nSPS) is 10.8. The van der Waals surface area contributed by atoms with E-state index in [-0.39, 0.29) is 11.7 Å². The first-order valence-corrected chi connectivity index (χ1v) is 8.76. The molecular weight excluding hydrogens is 362 g/mol. The minimum Gasteiger partial charge on any atom is -0.469 e. The molecular formula is C16H16ClN5O2S. The number of carbonyl (C=O) groups is 1. The number of anilines is 1. The van der Waals surface area contributed by atoms with Crippen LogP contribution in [-0.2, 0) is 4.79 Å². The van der Waals surface area contributed by atoms with Gasteiger partial charge in [0.15, 0.2) is 5.82 Å². The van der Waals surface area contributed by atoms with E-state index in [0.29, 0.717) is 27.5 Å². The summed E-state index contributed by atoms with van der Waals surface area (Å²) < 4.78 is 6.60. The van der Waals surface area contributed by atoms with Gasteiger partial charge >= 0.3 is 0 Å². The molecule has 0 atom stereocenters. The number of nitrogen functional groups attached to an aromatic ring is 1. The van der Waals surface area contributed by atoms with Crippen molar-refractivity contribution in [2.45, 2.75) is 19.0 Å². The van der Waals surface area contributed by atoms with Crippen LogP contribution >= 0.6 is 23.4 Å². The summed E-state index contributed by atoms with van der Waals surface area (Å²) in [7, 11) is 0. The molecule has 0 unspecified atom stereocenters. The maximum atomic E-state index is 12.2. The number of furan rings is 1. The zero-order valence-corrected chi connectivity index (χ0v) is 15.2. The van der Waals surface area contributed by atoms with Crippen LogP contribution in [0.4, 0.5) is 5.69 Å². The number of nitrogens with zero attached hydrogens (tertiary/aromatic N) is 3. The summed E-state index contributed by atoms with van der Waals surface area (Å²) in [5.41, 5.74) is 2.38. The van der Waals surface area contributed by atoms with E-state index in [1.54, 1.807) is 24.5 Å². The van der Waals surface area contributed by atoms with E-state index in [2.05, 4.69) is 15.5 Å². The third kappa shape index (κ3) is 3.80. The average Bonchev–Trinajstić information content (AvgIpc) is 3.14. The number of carbonyl (C=O) groups excluding carboxylic acids is 1. The molecule has 2 aromatic heterocycles. The maximum Gasteiger partial charge on any atom is 0.234 e. The topological polar surface area (TPSA) is 99.0 Å². The molecule has 25 heavy (non-hydrogen) atoms. The van der Waals surface area contributed by atoms with Gasteiger partial charge in [0.05, 0.1) is 17.6 Å². The summed E-state index contributed by atoms with van der Waals surface area (Å²) in [6, 6.07) is 7.11. The molecule has 2 heterocycles. The fraction of sp³-hybridized carbons (Fsp3) is 0.188. The smallest absolute Gasteiger partial charge is 0.234 e. The van der Waals surface area contributed by atoms with Crippen LogP contribution < -0.4 is 11.2 Å². The Hall–Kier alpha value is -2.45. The molecule has 0 aliphatic rings. The molecule has 130 valence electrons. The minimum absolute atomic E-state index is 0.144. The molecule has 0 fully saturated rings. The molecule has 0 aliphatic carbocycles. The summed E-state index contributed by atoms with van der Waals surface area (Å²) in [5.74, 6) is 7.17. The third-order valence-corrected chi connectivity index (χ3v) is 4.75. The van der Waals surface area contributed by atoms with E-state index >= 15 is 0 Å². The predicted octanol–water partition coefficient (Wildman–Crippen LogP) is 3.25. The van der Waals surface area contributed by atoms with Crippen molar-refractivity contribution in [2.24, 2.45) is 0 Å². The quantitative estimate of drug-likeness (QED) is 0.523. The molecule has 1 amide bonds. The number of rotatable bonds is 5. The van der Waals surface area contributed by atoms with Crippen LogP contribution in [-0.4, -0.2) is 26.5 Å². The van der Waals surface area contributed by atoms with Crippen molar-refractivity contribution in [3.63, 3.8) is 0 Å². The van der Waals surface area contributed by atoms with Crippen LogP contribution in [0.3, 0.4) is 0 Å². The van der Waals surface area contributed by atoms with E-state index in [0.717, 1.165) is 11.1 Å². The molecule has 0 saturated heterocycles. The van der Waals surface area contributed by atoms with E-state index in [1.807, 2.05) is 19.9 Å². The van der Waals surface area contributed by atoms with E-state index < -0.39 is 0 Å². The first-order chi connectivity index (χ1) is 12.0. The Bertz CT molecular complexity index is 921. The second kappa shape index (κ2) is 7.20. The number of amides is 1. The Labute approximate surface area is 153 Å². The van der Waals surface area contributed by atoms with Crippen molar-refractivity contribution in [1.82, 2.24) is 14.9 Å². The second-order valence-electron chi connectivity index (χ2n) is 5.36. The lowest BCUT2D eigenvalue weighted by atomic mass is 10.2. The highest BCUT2D eigenvalue weighted by atomic mass is 35.5. The van der Waals surface area contributed by atoms with E-state index in [4.69, 9.17) is 21.9 Å². The first kappa shape index (κ1) is 17.4. The third-order valence-electron chi connectivity index (χ3n) is 3.57. The van der Waals surface area contributed by atoms with Gasteiger partial charge in [-0.15, -0.1) is 10.2 Å². The lowest BCUT2D eigenvalue weighted by molar-refractivity contribution is -0.113. The maximum absolute atomic E-state index is 12.2. The standard InChI is InChI=1S/C16H16ClN5O2S/c1-9-3-4-11(17)7-13(9)19-14(23)8-25-16-21-20-15(22(16)18)12-5-6-24-10(12)2/h3-7H,8,18H2,1-2H3,(H,19,23). The fourth-order valence-corrected chi connectivity index (χ4v) is 3.05. The second-order valence-corrected chi connectivity index (χ2v) is 6.74. The number of nitrogens with two attached hydrogens (primary N) is 1. The number of aromatic nitrogens is 3. The largest absolute Gasteiger partial charge is 0.469 e. The molecule has 9 heteroatoms. The number of thioether (sulfide) groups is 1. The molecule has 3 aromatic rings. The summed E-state index contributed by atoms with van der Waals surface area (Å²) in [4.78, 5) is 12.2. The Morgan fingerprint density at radius 3 is 2.88 bits per heavy atom. The first-order valence-electron chi connectivity index (χ1n) is 7.39. The van der Waals surface area contributed by atoms with Crippen molar-refractivity contribution >= 4 is 35.0 Å². The van der Waals surface area contributed by atoms with Crippen LogP contribution in [0.15, 0.2) is 40.1 Å². The molecule has 0 saturated carbocycles. The Morgan fingerprint density at radius 1 is 1.36 bits per heavy atom. The van der Waals surface area contributed by atoms with Gasteiger partial charge in [0.25, 0.3) is 0 Å². The molecule has 3 rings (SSSR count). The van der Waals surface area contributed by atoms with Crippen LogP contribution in [0.5, 0.6) is 0 Å². The van der Waals surface area contributed by atoms with Gasteiger partial charge in [-0.1, -0.05) is 29.4 Å². The van der Waals surface area contributed by atoms with E-state index in [1.165, 1.54) is 16.4 Å². The van der Waals surface area contributed by atoms with Gasteiger partial charge in [-0.3, -0.25) is 4.79 Å². The Morgan fingerprint density at radius 2 is 2.16 bits per heavy atom. The number of aryl methyl sites for hydroxylation is 2. The Kier molecular flexibility index (Phi) is 5.00. The number of hydrogen-bond acceptors (Lipinski definition) is 6. The average molecular weight is 378 g/mol. The number of hydrogen-bond donors (Lipinski definition) is 2. The summed E-state index contributed by atoms with van der Waals surface area (Å²) >= 11 is 7.15. The molecule has 0 radical (unpaired) electrons. The van der Waals surface area contributed by atoms with Crippen molar-refractivity contribution in [3.05, 3.63) is 46.9 Å². The van der Waals surface area contributed by atoms with Gasteiger partial charge in [-0.2, -0.15) is 0 Å². The van der Waals surface area contributed by atoms with Gasteiger partial charge in [-0.25, -0.2) is 4.68 Å². The molecule has 1 aromatic carbocycles. The van der Waals surface area contributed by atoms with Crippen molar-refractivity contribution in [1.29, 1.82) is 0 Å². The van der Waals surface area contributed by atoms with Gasteiger partial charge in [0, 0.05) is 10.7 Å². The highest BCUT2D eigenvalue weighted by Gasteiger charge is 2.16. The highest BCUT2D eigenvalue weighted by molar-refractivity contribution is 7.99. The van der Waals surface area contributed by atoms with Crippen LogP contribution in [0.1, 0.15) is 11.3 Å². The molecule has 0 aliphatic heterocycles. The number of nitrogens with one attached hydrogen (secondary N) is 1. The van der Waals surface area contributed by atoms with Gasteiger partial charge in [-0.05, 0) is 37.6 Å². The number of benzene rings is 1. The predicted molar refractivity (Wildman–Crippen MR) is 98.2 cm³/mol. The summed E-state index contributed by atoms with van der Waals surface area (Å²) in [6.45, 7) is 3.71. The van der Waals surface area contributed by atoms with Crippen LogP contribution in [0.2, 0.25) is 5.02 Å². The van der Waals surface area contributed by atoms with Crippen molar-refractivity contribution in [2.75, 3.05) is 16.9 Å². The Balaban J connectivity index is 1.66. The highest BCUT2D eigenvalue weighted by Crippen LogP contribution is 2.25. The zero-order chi connectivity index (χ0) is 18.0.